The van der Waals surface area contributed by atoms with Crippen molar-refractivity contribution in [1.82, 2.24) is 19.4 Å². The van der Waals surface area contributed by atoms with Gasteiger partial charge in [-0.15, -0.1) is 0 Å². The number of carbonyl (C=O) groups is 2. The van der Waals surface area contributed by atoms with Gasteiger partial charge in [0.25, 0.3) is 0 Å². The fourth-order valence-corrected chi connectivity index (χ4v) is 4.67. The number of aromatic nitrogens is 2. The number of ketones is 1. The summed E-state index contributed by atoms with van der Waals surface area (Å²) in [6.07, 6.45) is 1.02. The van der Waals surface area contributed by atoms with Crippen LogP contribution in [0.15, 0.2) is 60.8 Å². The van der Waals surface area contributed by atoms with Crippen molar-refractivity contribution < 1.29 is 24.0 Å². The topological polar surface area (TPSA) is 120 Å². The standard InChI is InChI=1S/C26H27N5O6/c1-26(18-30-15-22(31(34)35)27-24(30)37-26)17-28-11-13-29(14-12-28)25(33)36-16-19-7-9-21(10-8-19)23(32)20-5-3-2-4-6-20/h2-10,15H,11-14,16-18H2,1H3. The van der Waals surface area contributed by atoms with Crippen LogP contribution < -0.4 is 4.74 Å². The lowest BCUT2D eigenvalue weighted by Crippen LogP contribution is -2.53. The number of benzene rings is 2. The van der Waals surface area contributed by atoms with Gasteiger partial charge in [-0.2, -0.15) is 0 Å². The van der Waals surface area contributed by atoms with Crippen LogP contribution >= 0.6 is 0 Å². The smallest absolute Gasteiger partial charge is 0.415 e. The monoisotopic (exact) mass is 505 g/mol. The van der Waals surface area contributed by atoms with E-state index < -0.39 is 10.5 Å². The molecule has 0 radical (unpaired) electrons. The number of hydrogen-bond acceptors (Lipinski definition) is 8. The third kappa shape index (κ3) is 5.46. The number of nitro groups is 1. The largest absolute Gasteiger partial charge is 0.445 e. The molecule has 1 saturated heterocycles. The summed E-state index contributed by atoms with van der Waals surface area (Å²) in [7, 11) is 0. The average Bonchev–Trinajstić information content (AvgIpc) is 3.43. The van der Waals surface area contributed by atoms with E-state index in [0.29, 0.717) is 50.4 Å². The minimum atomic E-state index is -0.547. The second-order valence-electron chi connectivity index (χ2n) is 9.53. The Labute approximate surface area is 213 Å². The Kier molecular flexibility index (Phi) is 6.62. The Morgan fingerprint density at radius 1 is 1.05 bits per heavy atom. The van der Waals surface area contributed by atoms with E-state index in [1.807, 2.05) is 25.1 Å². The van der Waals surface area contributed by atoms with Crippen LogP contribution in [0.4, 0.5) is 10.6 Å². The summed E-state index contributed by atoms with van der Waals surface area (Å²) in [6, 6.07) is 16.4. The first-order valence-corrected chi connectivity index (χ1v) is 12.0. The molecular weight excluding hydrogens is 478 g/mol. The number of ether oxygens (including phenoxy) is 2. The van der Waals surface area contributed by atoms with Crippen LogP contribution in [0.3, 0.4) is 0 Å². The fourth-order valence-electron chi connectivity index (χ4n) is 4.67. The number of nitrogens with zero attached hydrogens (tertiary/aromatic N) is 5. The Morgan fingerprint density at radius 2 is 1.73 bits per heavy atom. The first-order valence-electron chi connectivity index (χ1n) is 12.0. The van der Waals surface area contributed by atoms with Crippen molar-refractivity contribution in [2.24, 2.45) is 0 Å². The molecule has 1 amide bonds. The van der Waals surface area contributed by atoms with Crippen molar-refractivity contribution in [3.8, 4) is 6.01 Å². The quantitative estimate of drug-likeness (QED) is 0.273. The van der Waals surface area contributed by atoms with Gasteiger partial charge in [0.2, 0.25) is 0 Å². The molecule has 0 saturated carbocycles. The van der Waals surface area contributed by atoms with Gasteiger partial charge in [-0.3, -0.25) is 14.3 Å². The van der Waals surface area contributed by atoms with E-state index in [1.54, 1.807) is 45.9 Å². The molecule has 3 heterocycles. The van der Waals surface area contributed by atoms with Crippen molar-refractivity contribution in [3.05, 3.63) is 87.6 Å². The van der Waals surface area contributed by atoms with E-state index in [9.17, 15) is 19.7 Å². The molecule has 1 atom stereocenters. The highest BCUT2D eigenvalue weighted by molar-refractivity contribution is 6.08. The maximum absolute atomic E-state index is 12.6. The number of rotatable bonds is 7. The average molecular weight is 506 g/mol. The van der Waals surface area contributed by atoms with E-state index >= 15 is 0 Å². The zero-order chi connectivity index (χ0) is 26.0. The van der Waals surface area contributed by atoms with Gasteiger partial charge < -0.3 is 24.5 Å². The van der Waals surface area contributed by atoms with Gasteiger partial charge in [0.05, 0.1) is 6.54 Å². The molecule has 2 aliphatic heterocycles. The number of amides is 1. The van der Waals surface area contributed by atoms with E-state index in [0.717, 1.165) is 5.56 Å². The maximum Gasteiger partial charge on any atom is 0.415 e. The lowest BCUT2D eigenvalue weighted by molar-refractivity contribution is -0.389. The Bertz CT molecular complexity index is 1280. The summed E-state index contributed by atoms with van der Waals surface area (Å²) in [4.78, 5) is 43.3. The number of piperazine rings is 1. The van der Waals surface area contributed by atoms with E-state index in [1.165, 1.54) is 6.20 Å². The van der Waals surface area contributed by atoms with Gasteiger partial charge in [-0.1, -0.05) is 54.6 Å². The molecule has 2 aromatic carbocycles. The molecule has 2 aliphatic rings. The summed E-state index contributed by atoms with van der Waals surface area (Å²) in [5, 5.41) is 10.9. The first-order chi connectivity index (χ1) is 17.8. The number of carbonyl (C=O) groups excluding carboxylic acids is 2. The zero-order valence-corrected chi connectivity index (χ0v) is 20.4. The molecular formula is C26H27N5O6. The SMILES string of the molecule is CC1(CN2CCN(C(=O)OCc3ccc(C(=O)c4ccccc4)cc3)CC2)Cn2cc([N+](=O)[O-])nc2O1. The van der Waals surface area contributed by atoms with Crippen LogP contribution in [-0.4, -0.2) is 74.5 Å². The van der Waals surface area contributed by atoms with Gasteiger partial charge in [0.1, 0.15) is 18.4 Å². The van der Waals surface area contributed by atoms with Crippen LogP contribution in [0.25, 0.3) is 0 Å². The second kappa shape index (κ2) is 10.0. The number of hydrogen-bond donors (Lipinski definition) is 0. The molecule has 0 aliphatic carbocycles. The van der Waals surface area contributed by atoms with E-state index in [4.69, 9.17) is 9.47 Å². The Morgan fingerprint density at radius 3 is 2.38 bits per heavy atom. The molecule has 0 N–H and O–H groups in total. The van der Waals surface area contributed by atoms with Crippen molar-refractivity contribution in [2.45, 2.75) is 25.7 Å². The fraction of sp³-hybridized carbons (Fsp3) is 0.346. The van der Waals surface area contributed by atoms with Crippen LogP contribution in [-0.2, 0) is 17.9 Å². The zero-order valence-electron chi connectivity index (χ0n) is 20.4. The predicted molar refractivity (Wildman–Crippen MR) is 132 cm³/mol. The normalized spacial score (nSPS) is 19.2. The van der Waals surface area contributed by atoms with Crippen molar-refractivity contribution in [1.29, 1.82) is 0 Å². The maximum atomic E-state index is 12.6. The molecule has 0 bridgehead atoms. The lowest BCUT2D eigenvalue weighted by atomic mass is 10.0. The second-order valence-corrected chi connectivity index (χ2v) is 9.53. The molecule has 0 spiro atoms. The highest BCUT2D eigenvalue weighted by atomic mass is 16.6. The third-order valence-electron chi connectivity index (χ3n) is 6.56. The third-order valence-corrected chi connectivity index (χ3v) is 6.56. The van der Waals surface area contributed by atoms with Gasteiger partial charge in [-0.25, -0.2) is 4.79 Å². The Balaban J connectivity index is 1.06. The molecule has 192 valence electrons. The highest BCUT2D eigenvalue weighted by Crippen LogP contribution is 2.31. The van der Waals surface area contributed by atoms with Crippen LogP contribution in [0.1, 0.15) is 28.4 Å². The lowest BCUT2D eigenvalue weighted by Gasteiger charge is -2.37. The van der Waals surface area contributed by atoms with Gasteiger partial charge in [0, 0.05) is 48.8 Å². The van der Waals surface area contributed by atoms with Crippen molar-refractivity contribution in [3.63, 3.8) is 0 Å². The molecule has 37 heavy (non-hydrogen) atoms. The van der Waals surface area contributed by atoms with Crippen LogP contribution in [0, 0.1) is 10.1 Å². The molecule has 11 heteroatoms. The van der Waals surface area contributed by atoms with E-state index in [2.05, 4.69) is 9.88 Å². The molecule has 1 fully saturated rings. The summed E-state index contributed by atoms with van der Waals surface area (Å²) >= 11 is 0. The summed E-state index contributed by atoms with van der Waals surface area (Å²) < 4.78 is 13.1. The molecule has 3 aromatic rings. The summed E-state index contributed by atoms with van der Waals surface area (Å²) in [6.45, 7) is 5.53. The Hall–Kier alpha value is -4.25. The van der Waals surface area contributed by atoms with Crippen LogP contribution in [0.5, 0.6) is 6.01 Å². The number of fused-ring (bicyclic) bond motifs is 1. The number of imidazole rings is 1. The summed E-state index contributed by atoms with van der Waals surface area (Å²) in [5.41, 5.74) is 1.47. The molecule has 11 nitrogen and oxygen atoms in total. The van der Waals surface area contributed by atoms with Crippen molar-refractivity contribution in [2.75, 3.05) is 32.7 Å². The minimum Gasteiger partial charge on any atom is -0.445 e. The van der Waals surface area contributed by atoms with Gasteiger partial charge in [-0.05, 0) is 17.4 Å². The molecule has 1 unspecified atom stereocenters. The molecule has 5 rings (SSSR count). The minimum absolute atomic E-state index is 0.0509. The van der Waals surface area contributed by atoms with Gasteiger partial charge >= 0.3 is 17.9 Å². The predicted octanol–water partition coefficient (Wildman–Crippen LogP) is 3.13. The van der Waals surface area contributed by atoms with Crippen molar-refractivity contribution >= 4 is 17.7 Å². The summed E-state index contributed by atoms with van der Waals surface area (Å²) in [5.74, 6) is -0.272. The molecule has 1 aromatic heterocycles. The first kappa shape index (κ1) is 24.4. The highest BCUT2D eigenvalue weighted by Gasteiger charge is 2.42. The van der Waals surface area contributed by atoms with Gasteiger partial charge in [0.15, 0.2) is 5.78 Å². The van der Waals surface area contributed by atoms with E-state index in [-0.39, 0.29) is 30.3 Å². The van der Waals surface area contributed by atoms with Crippen LogP contribution in [0.2, 0.25) is 0 Å².